The Hall–Kier alpha value is -0.160. The highest BCUT2D eigenvalue weighted by atomic mass is 16.3. The average Bonchev–Trinajstić information content (AvgIpc) is 2.17. The van der Waals surface area contributed by atoms with Gasteiger partial charge in [0.15, 0.2) is 0 Å². The van der Waals surface area contributed by atoms with E-state index in [1.807, 2.05) is 13.8 Å². The minimum Gasteiger partial charge on any atom is -0.394 e. The predicted octanol–water partition coefficient (Wildman–Crippen LogP) is -0.211. The SMILES string of the molecule is CCCN(CC(O)CO)C(C)(C)CN. The number of hydrogen-bond acceptors (Lipinski definition) is 4. The molecule has 0 amide bonds. The molecule has 0 bridgehead atoms. The number of β-amino-alcohol motifs (C(OH)–C–C–N with tert-alkyl or cyclic N) is 1. The van der Waals surface area contributed by atoms with Crippen LogP contribution in [0, 0.1) is 0 Å². The van der Waals surface area contributed by atoms with Gasteiger partial charge in [-0.05, 0) is 26.8 Å². The van der Waals surface area contributed by atoms with Crippen molar-refractivity contribution in [3.05, 3.63) is 0 Å². The monoisotopic (exact) mass is 204 g/mol. The first-order valence-corrected chi connectivity index (χ1v) is 5.22. The van der Waals surface area contributed by atoms with Crippen LogP contribution in [-0.4, -0.2) is 53.0 Å². The number of nitrogens with zero attached hydrogens (tertiary/aromatic N) is 1. The van der Waals surface area contributed by atoms with Crippen molar-refractivity contribution in [3.63, 3.8) is 0 Å². The van der Waals surface area contributed by atoms with Crippen molar-refractivity contribution in [3.8, 4) is 0 Å². The molecule has 0 aromatic rings. The summed E-state index contributed by atoms with van der Waals surface area (Å²) in [4.78, 5) is 2.12. The average molecular weight is 204 g/mol. The van der Waals surface area contributed by atoms with E-state index in [0.29, 0.717) is 13.1 Å². The highest BCUT2D eigenvalue weighted by molar-refractivity contribution is 4.83. The summed E-state index contributed by atoms with van der Waals surface area (Å²) < 4.78 is 0. The van der Waals surface area contributed by atoms with Gasteiger partial charge in [0.05, 0.1) is 12.7 Å². The standard InChI is InChI=1S/C10H24N2O2/c1-4-5-12(6-9(14)7-13)10(2,3)8-11/h9,13-14H,4-8,11H2,1-3H3. The van der Waals surface area contributed by atoms with Crippen LogP contribution in [0.15, 0.2) is 0 Å². The third kappa shape index (κ3) is 4.37. The molecule has 0 saturated heterocycles. The highest BCUT2D eigenvalue weighted by Gasteiger charge is 2.25. The van der Waals surface area contributed by atoms with Crippen LogP contribution >= 0.6 is 0 Å². The van der Waals surface area contributed by atoms with E-state index >= 15 is 0 Å². The van der Waals surface area contributed by atoms with Crippen molar-refractivity contribution in [1.29, 1.82) is 0 Å². The van der Waals surface area contributed by atoms with Gasteiger partial charge < -0.3 is 15.9 Å². The van der Waals surface area contributed by atoms with Crippen molar-refractivity contribution in [2.24, 2.45) is 5.73 Å². The summed E-state index contributed by atoms with van der Waals surface area (Å²) in [5.41, 5.74) is 5.55. The van der Waals surface area contributed by atoms with Gasteiger partial charge in [0.25, 0.3) is 0 Å². The van der Waals surface area contributed by atoms with E-state index in [4.69, 9.17) is 10.8 Å². The van der Waals surface area contributed by atoms with Crippen molar-refractivity contribution < 1.29 is 10.2 Å². The summed E-state index contributed by atoms with van der Waals surface area (Å²) in [6, 6.07) is 0. The van der Waals surface area contributed by atoms with Crippen LogP contribution in [0.2, 0.25) is 0 Å². The zero-order valence-electron chi connectivity index (χ0n) is 9.53. The van der Waals surface area contributed by atoms with E-state index in [2.05, 4.69) is 11.8 Å². The van der Waals surface area contributed by atoms with Crippen molar-refractivity contribution >= 4 is 0 Å². The zero-order chi connectivity index (χ0) is 11.2. The van der Waals surface area contributed by atoms with Crippen LogP contribution < -0.4 is 5.73 Å². The molecule has 0 rings (SSSR count). The molecule has 4 heteroatoms. The second-order valence-corrected chi connectivity index (χ2v) is 4.30. The molecule has 0 radical (unpaired) electrons. The molecule has 1 atom stereocenters. The van der Waals surface area contributed by atoms with Gasteiger partial charge in [-0.25, -0.2) is 0 Å². The van der Waals surface area contributed by atoms with Gasteiger partial charge in [0, 0.05) is 18.6 Å². The molecule has 0 heterocycles. The Balaban J connectivity index is 4.27. The molecule has 1 unspecified atom stereocenters. The molecule has 4 N–H and O–H groups in total. The predicted molar refractivity (Wildman–Crippen MR) is 58.1 cm³/mol. The molecule has 0 aliphatic carbocycles. The molecule has 0 aliphatic rings. The summed E-state index contributed by atoms with van der Waals surface area (Å²) >= 11 is 0. The summed E-state index contributed by atoms with van der Waals surface area (Å²) in [5, 5.41) is 18.2. The topological polar surface area (TPSA) is 69.7 Å². The largest absolute Gasteiger partial charge is 0.394 e. The fraction of sp³-hybridized carbons (Fsp3) is 1.00. The molecule has 4 nitrogen and oxygen atoms in total. The van der Waals surface area contributed by atoms with E-state index in [1.54, 1.807) is 0 Å². The van der Waals surface area contributed by atoms with E-state index < -0.39 is 6.10 Å². The number of nitrogens with two attached hydrogens (primary N) is 1. The summed E-state index contributed by atoms with van der Waals surface area (Å²) in [5.74, 6) is 0. The maximum atomic E-state index is 9.38. The van der Waals surface area contributed by atoms with Crippen LogP contribution in [-0.2, 0) is 0 Å². The summed E-state index contributed by atoms with van der Waals surface area (Å²) in [6.45, 7) is 7.91. The maximum Gasteiger partial charge on any atom is 0.0897 e. The molecule has 86 valence electrons. The first-order valence-electron chi connectivity index (χ1n) is 5.22. The van der Waals surface area contributed by atoms with E-state index in [0.717, 1.165) is 13.0 Å². The first-order chi connectivity index (χ1) is 6.47. The van der Waals surface area contributed by atoms with Gasteiger partial charge in [0.1, 0.15) is 0 Å². The lowest BCUT2D eigenvalue weighted by Gasteiger charge is -2.38. The quantitative estimate of drug-likeness (QED) is 0.536. The van der Waals surface area contributed by atoms with Gasteiger partial charge in [-0.15, -0.1) is 0 Å². The third-order valence-electron chi connectivity index (χ3n) is 2.49. The number of rotatable bonds is 7. The Morgan fingerprint density at radius 3 is 2.36 bits per heavy atom. The van der Waals surface area contributed by atoms with E-state index in [-0.39, 0.29) is 12.1 Å². The minimum absolute atomic E-state index is 0.119. The zero-order valence-corrected chi connectivity index (χ0v) is 9.53. The molecular formula is C10H24N2O2. The van der Waals surface area contributed by atoms with Gasteiger partial charge in [-0.1, -0.05) is 6.92 Å². The summed E-state index contributed by atoms with van der Waals surface area (Å²) in [6.07, 6.45) is 0.342. The molecule has 0 aromatic heterocycles. The Morgan fingerprint density at radius 2 is 2.00 bits per heavy atom. The fourth-order valence-electron chi connectivity index (χ4n) is 1.35. The highest BCUT2D eigenvalue weighted by Crippen LogP contribution is 2.13. The van der Waals surface area contributed by atoms with Gasteiger partial charge in [-0.3, -0.25) is 4.90 Å². The second-order valence-electron chi connectivity index (χ2n) is 4.30. The van der Waals surface area contributed by atoms with Crippen molar-refractivity contribution in [2.75, 3.05) is 26.2 Å². The summed E-state index contributed by atoms with van der Waals surface area (Å²) in [7, 11) is 0. The Bertz CT molecular complexity index is 151. The lowest BCUT2D eigenvalue weighted by atomic mass is 10.0. The molecule has 0 saturated carbocycles. The Labute approximate surface area is 86.7 Å². The number of aliphatic hydroxyl groups is 2. The molecular weight excluding hydrogens is 180 g/mol. The Kier molecular flexibility index (Phi) is 6.27. The lowest BCUT2D eigenvalue weighted by Crippen LogP contribution is -2.52. The van der Waals surface area contributed by atoms with Crippen molar-refractivity contribution in [1.82, 2.24) is 4.90 Å². The maximum absolute atomic E-state index is 9.38. The molecule has 0 spiro atoms. The van der Waals surface area contributed by atoms with Crippen LogP contribution in [0.4, 0.5) is 0 Å². The molecule has 0 aliphatic heterocycles. The number of aliphatic hydroxyl groups excluding tert-OH is 2. The number of hydrogen-bond donors (Lipinski definition) is 3. The smallest absolute Gasteiger partial charge is 0.0897 e. The third-order valence-corrected chi connectivity index (χ3v) is 2.49. The van der Waals surface area contributed by atoms with Crippen LogP contribution in [0.25, 0.3) is 0 Å². The lowest BCUT2D eigenvalue weighted by molar-refractivity contribution is 0.0240. The van der Waals surface area contributed by atoms with Crippen LogP contribution in [0.1, 0.15) is 27.2 Å². The van der Waals surface area contributed by atoms with Gasteiger partial charge >= 0.3 is 0 Å². The van der Waals surface area contributed by atoms with E-state index in [1.165, 1.54) is 0 Å². The fourth-order valence-corrected chi connectivity index (χ4v) is 1.35. The van der Waals surface area contributed by atoms with Crippen molar-refractivity contribution in [2.45, 2.75) is 38.8 Å². The molecule has 0 fully saturated rings. The molecule has 0 aromatic carbocycles. The van der Waals surface area contributed by atoms with Crippen LogP contribution in [0.5, 0.6) is 0 Å². The second kappa shape index (κ2) is 6.35. The minimum atomic E-state index is -0.674. The van der Waals surface area contributed by atoms with Gasteiger partial charge in [0.2, 0.25) is 0 Å². The van der Waals surface area contributed by atoms with Crippen LogP contribution in [0.3, 0.4) is 0 Å². The normalized spacial score (nSPS) is 14.8. The molecule has 14 heavy (non-hydrogen) atoms. The van der Waals surface area contributed by atoms with E-state index in [9.17, 15) is 5.11 Å². The van der Waals surface area contributed by atoms with Gasteiger partial charge in [-0.2, -0.15) is 0 Å². The Morgan fingerprint density at radius 1 is 1.43 bits per heavy atom. The first kappa shape index (κ1) is 13.8.